The van der Waals surface area contributed by atoms with Gasteiger partial charge in [-0.05, 0) is 50.5 Å². The fraction of sp³-hybridized carbons (Fsp3) is 0.375. The van der Waals surface area contributed by atoms with Crippen molar-refractivity contribution in [3.63, 3.8) is 0 Å². The lowest BCUT2D eigenvalue weighted by atomic mass is 9.86. The minimum Gasteiger partial charge on any atom is -0.479 e. The van der Waals surface area contributed by atoms with E-state index in [4.69, 9.17) is 4.74 Å². The van der Waals surface area contributed by atoms with Crippen LogP contribution in [0, 0.1) is 11.3 Å². The number of nitrogens with one attached hydrogen (secondary N) is 3. The number of aromatic nitrogens is 3. The maximum Gasteiger partial charge on any atom is 0.332 e. The van der Waals surface area contributed by atoms with E-state index in [0.29, 0.717) is 28.7 Å². The number of pyridine rings is 1. The van der Waals surface area contributed by atoms with Crippen molar-refractivity contribution in [2.75, 3.05) is 17.2 Å². The van der Waals surface area contributed by atoms with Crippen LogP contribution in [0.3, 0.4) is 0 Å². The van der Waals surface area contributed by atoms with Crippen molar-refractivity contribution in [2.24, 2.45) is 0 Å². The molecule has 2 atom stereocenters. The van der Waals surface area contributed by atoms with Crippen LogP contribution in [0.15, 0.2) is 35.3 Å². The van der Waals surface area contributed by atoms with Gasteiger partial charge in [0.25, 0.3) is 5.56 Å². The molecular weight excluding hydrogens is 452 g/mol. The molecule has 1 aromatic carbocycles. The quantitative estimate of drug-likeness (QED) is 0.437. The zero-order chi connectivity index (χ0) is 25.0. The van der Waals surface area contributed by atoms with Crippen molar-refractivity contribution in [3.05, 3.63) is 46.4 Å². The summed E-state index contributed by atoms with van der Waals surface area (Å²) in [6, 6.07) is 9.32. The van der Waals surface area contributed by atoms with Gasteiger partial charge in [0.15, 0.2) is 11.9 Å². The number of benzene rings is 1. The Morgan fingerprint density at radius 3 is 2.86 bits per heavy atom. The number of ether oxygens (including phenoxy) is 1. The maximum absolute atomic E-state index is 12.8. The smallest absolute Gasteiger partial charge is 0.332 e. The number of rotatable bonds is 5. The highest BCUT2D eigenvalue weighted by atomic mass is 16.5. The largest absolute Gasteiger partial charge is 0.479 e. The molecular formula is C24H24N6O5. The van der Waals surface area contributed by atoms with Gasteiger partial charge in [-0.2, -0.15) is 10.4 Å². The number of amides is 1. The fourth-order valence-electron chi connectivity index (χ4n) is 4.87. The summed E-state index contributed by atoms with van der Waals surface area (Å²) in [5.74, 6) is -0.860. The van der Waals surface area contributed by atoms with E-state index in [1.54, 1.807) is 16.8 Å². The molecule has 4 heterocycles. The van der Waals surface area contributed by atoms with Gasteiger partial charge in [0.05, 0.1) is 35.6 Å². The second-order valence-electron chi connectivity index (χ2n) is 9.53. The van der Waals surface area contributed by atoms with Gasteiger partial charge in [-0.15, -0.1) is 0 Å². The molecule has 1 saturated heterocycles. The third kappa shape index (κ3) is 3.54. The number of aliphatic carboxylic acids is 1. The summed E-state index contributed by atoms with van der Waals surface area (Å²) in [4.78, 5) is 39.2. The van der Waals surface area contributed by atoms with Crippen LogP contribution in [0.2, 0.25) is 0 Å². The highest BCUT2D eigenvalue weighted by Crippen LogP contribution is 2.40. The number of nitrogens with zero attached hydrogens (tertiary/aromatic N) is 3. The average molecular weight is 476 g/mol. The molecule has 1 fully saturated rings. The highest BCUT2D eigenvalue weighted by molar-refractivity contribution is 6.06. The van der Waals surface area contributed by atoms with E-state index >= 15 is 0 Å². The third-order valence-electron chi connectivity index (χ3n) is 6.93. The first-order valence-corrected chi connectivity index (χ1v) is 11.2. The molecule has 0 radical (unpaired) electrons. The molecule has 5 rings (SSSR count). The number of fused-ring (bicyclic) bond motifs is 2. The van der Waals surface area contributed by atoms with E-state index in [-0.39, 0.29) is 36.7 Å². The van der Waals surface area contributed by atoms with Gasteiger partial charge in [-0.1, -0.05) is 6.07 Å². The van der Waals surface area contributed by atoms with Crippen LogP contribution in [-0.4, -0.2) is 44.5 Å². The van der Waals surface area contributed by atoms with Gasteiger partial charge >= 0.3 is 5.97 Å². The monoisotopic (exact) mass is 476 g/mol. The van der Waals surface area contributed by atoms with Crippen molar-refractivity contribution in [2.45, 2.75) is 50.2 Å². The summed E-state index contributed by atoms with van der Waals surface area (Å²) in [5, 5.41) is 29.9. The van der Waals surface area contributed by atoms with Gasteiger partial charge < -0.3 is 25.5 Å². The second kappa shape index (κ2) is 7.95. The first-order chi connectivity index (χ1) is 16.7. The van der Waals surface area contributed by atoms with Crippen LogP contribution in [0.4, 0.5) is 17.2 Å². The molecule has 2 aliphatic heterocycles. The van der Waals surface area contributed by atoms with Crippen molar-refractivity contribution < 1.29 is 19.4 Å². The Kier molecular flexibility index (Phi) is 5.14. The van der Waals surface area contributed by atoms with E-state index < -0.39 is 23.0 Å². The Morgan fingerprint density at radius 1 is 1.37 bits per heavy atom. The molecule has 3 aromatic rings. The van der Waals surface area contributed by atoms with E-state index in [1.807, 2.05) is 26.0 Å². The lowest BCUT2D eigenvalue weighted by molar-refractivity contribution is -0.158. The number of carbonyl (C=O) groups excluding carboxylic acids is 1. The molecule has 35 heavy (non-hydrogen) atoms. The predicted molar refractivity (Wildman–Crippen MR) is 127 cm³/mol. The van der Waals surface area contributed by atoms with Crippen molar-refractivity contribution in [1.29, 1.82) is 5.26 Å². The zero-order valence-corrected chi connectivity index (χ0v) is 19.2. The number of carboxylic acids is 1. The molecule has 180 valence electrons. The molecule has 0 spiro atoms. The number of anilines is 3. The third-order valence-corrected chi connectivity index (χ3v) is 6.93. The van der Waals surface area contributed by atoms with Gasteiger partial charge in [0.2, 0.25) is 5.91 Å². The normalized spacial score (nSPS) is 22.9. The van der Waals surface area contributed by atoms with Gasteiger partial charge in [-0.25, -0.2) is 4.79 Å². The molecule has 0 bridgehead atoms. The molecule has 4 N–H and O–H groups in total. The van der Waals surface area contributed by atoms with Crippen LogP contribution in [0.25, 0.3) is 10.9 Å². The van der Waals surface area contributed by atoms with Crippen LogP contribution in [0.1, 0.15) is 38.7 Å². The molecule has 11 heteroatoms. The van der Waals surface area contributed by atoms with Crippen molar-refractivity contribution in [3.8, 4) is 6.07 Å². The number of nitriles is 1. The number of aromatic amines is 1. The molecule has 1 amide bonds. The summed E-state index contributed by atoms with van der Waals surface area (Å²) in [6.07, 6.45) is 1.15. The number of hydrogen-bond donors (Lipinski definition) is 4. The predicted octanol–water partition coefficient (Wildman–Crippen LogP) is 2.57. The van der Waals surface area contributed by atoms with Crippen molar-refractivity contribution >= 4 is 40.0 Å². The van der Waals surface area contributed by atoms with Crippen LogP contribution < -0.4 is 16.2 Å². The standard InChI is InChI=1S/C24H24N6O5/c1-23(2)14-4-3-13(11-15(14)28-22(23)34)27-19-18-16(6-10-26-20(18)31)30(29-19)24(8-9-25)7-5-17(21(32)33)35-12-24/h3-4,6,10-11,17H,5,7-8,12H2,1-2H3,(H,26,31)(H,27,29)(H,28,34)(H,32,33). The molecule has 0 aliphatic carbocycles. The number of carboxylic acid groups (broad SMARTS) is 1. The number of carbonyl (C=O) groups is 2. The zero-order valence-electron chi connectivity index (χ0n) is 19.2. The van der Waals surface area contributed by atoms with Gasteiger partial charge in [0, 0.05) is 17.6 Å². The minimum absolute atomic E-state index is 0.0273. The Bertz CT molecular complexity index is 1460. The molecule has 0 saturated carbocycles. The lowest BCUT2D eigenvalue weighted by Crippen LogP contribution is -2.46. The lowest BCUT2D eigenvalue weighted by Gasteiger charge is -2.38. The van der Waals surface area contributed by atoms with Crippen LogP contribution in [0.5, 0.6) is 0 Å². The Balaban J connectivity index is 1.57. The van der Waals surface area contributed by atoms with Crippen LogP contribution in [-0.2, 0) is 25.3 Å². The average Bonchev–Trinajstić information content (AvgIpc) is 3.29. The van der Waals surface area contributed by atoms with E-state index in [1.165, 1.54) is 6.20 Å². The van der Waals surface area contributed by atoms with Crippen molar-refractivity contribution in [1.82, 2.24) is 14.8 Å². The molecule has 2 aliphatic rings. The Hall–Kier alpha value is -4.17. The highest BCUT2D eigenvalue weighted by Gasteiger charge is 2.42. The topological polar surface area (TPSA) is 162 Å². The van der Waals surface area contributed by atoms with Gasteiger partial charge in [-0.3, -0.25) is 14.3 Å². The van der Waals surface area contributed by atoms with E-state index in [0.717, 1.165) is 5.56 Å². The van der Waals surface area contributed by atoms with Gasteiger partial charge in [0.1, 0.15) is 5.39 Å². The molecule has 2 aromatic heterocycles. The maximum atomic E-state index is 12.8. The Labute approximate surface area is 199 Å². The summed E-state index contributed by atoms with van der Waals surface area (Å²) >= 11 is 0. The fourth-order valence-corrected chi connectivity index (χ4v) is 4.87. The summed E-state index contributed by atoms with van der Waals surface area (Å²) in [7, 11) is 0. The van der Waals surface area contributed by atoms with E-state index in [9.17, 15) is 24.8 Å². The van der Waals surface area contributed by atoms with E-state index in [2.05, 4.69) is 26.8 Å². The SMILES string of the molecule is CC1(C)C(=O)Nc2cc(Nc3nn(C4(CC#N)CCC(C(=O)O)OC4)c4cc[nH]c(=O)c34)ccc21. The number of hydrogen-bond acceptors (Lipinski definition) is 7. The molecule has 11 nitrogen and oxygen atoms in total. The summed E-state index contributed by atoms with van der Waals surface area (Å²) in [5.41, 5.74) is 0.751. The summed E-state index contributed by atoms with van der Waals surface area (Å²) in [6.45, 7) is 3.68. The summed E-state index contributed by atoms with van der Waals surface area (Å²) < 4.78 is 7.20. The van der Waals surface area contributed by atoms with Crippen LogP contribution >= 0.6 is 0 Å². The number of H-pyrrole nitrogens is 1. The second-order valence-corrected chi connectivity index (χ2v) is 9.53. The Morgan fingerprint density at radius 2 is 2.17 bits per heavy atom. The first kappa shape index (κ1) is 22.6. The minimum atomic E-state index is -1.05. The molecule has 2 unspecified atom stereocenters. The first-order valence-electron chi connectivity index (χ1n) is 11.2.